The van der Waals surface area contributed by atoms with Crippen molar-refractivity contribution < 1.29 is 0 Å². The van der Waals surface area contributed by atoms with Crippen LogP contribution in [-0.4, -0.2) is 9.55 Å². The number of H-pyrrole nitrogens is 1. The highest BCUT2D eigenvalue weighted by atomic mass is 15.0. The van der Waals surface area contributed by atoms with Crippen LogP contribution in [0.1, 0.15) is 26.3 Å². The van der Waals surface area contributed by atoms with Gasteiger partial charge in [0.1, 0.15) is 0 Å². The second-order valence-electron chi connectivity index (χ2n) is 8.07. The van der Waals surface area contributed by atoms with Gasteiger partial charge in [-0.2, -0.15) is 0 Å². The van der Waals surface area contributed by atoms with Crippen LogP contribution in [0, 0.1) is 0 Å². The highest BCUT2D eigenvalue weighted by Crippen LogP contribution is 2.37. The molecule has 0 aliphatic rings. The van der Waals surface area contributed by atoms with Gasteiger partial charge in [-0.1, -0.05) is 81.1 Å². The maximum atomic E-state index is 3.84. The predicted molar refractivity (Wildman–Crippen MR) is 145 cm³/mol. The van der Waals surface area contributed by atoms with Crippen LogP contribution in [0.15, 0.2) is 104 Å². The zero-order valence-electron chi connectivity index (χ0n) is 19.4. The Balaban J connectivity index is 0.00000111. The molecule has 1 N–H and O–H groups in total. The zero-order valence-corrected chi connectivity index (χ0v) is 19.4. The van der Waals surface area contributed by atoms with Gasteiger partial charge in [-0.05, 0) is 54.5 Å². The van der Waals surface area contributed by atoms with Gasteiger partial charge < -0.3 is 9.55 Å². The molecule has 2 nitrogen and oxygen atoms in total. The number of nitrogens with one attached hydrogen (secondary N) is 1. The monoisotopic (exact) mass is 428 g/mol. The molecule has 33 heavy (non-hydrogen) atoms. The summed E-state index contributed by atoms with van der Waals surface area (Å²) in [7, 11) is 0. The van der Waals surface area contributed by atoms with Crippen LogP contribution in [0.4, 0.5) is 0 Å². The van der Waals surface area contributed by atoms with Gasteiger partial charge in [-0.25, -0.2) is 0 Å². The number of para-hydroxylation sites is 2. The molecule has 2 heterocycles. The Hall–Kier alpha value is -4.04. The van der Waals surface area contributed by atoms with Crippen molar-refractivity contribution in [3.05, 3.63) is 109 Å². The third-order valence-corrected chi connectivity index (χ3v) is 6.23. The van der Waals surface area contributed by atoms with Crippen molar-refractivity contribution in [2.75, 3.05) is 0 Å². The highest BCUT2D eigenvalue weighted by molar-refractivity contribution is 6.18. The van der Waals surface area contributed by atoms with Crippen LogP contribution in [0.25, 0.3) is 54.9 Å². The maximum absolute atomic E-state index is 3.84. The number of aromatic amines is 1. The van der Waals surface area contributed by atoms with Crippen LogP contribution in [0.5, 0.6) is 0 Å². The number of hydrogen-bond acceptors (Lipinski definition) is 0. The van der Waals surface area contributed by atoms with Crippen LogP contribution < -0.4 is 0 Å². The third kappa shape index (κ3) is 3.35. The van der Waals surface area contributed by atoms with E-state index >= 15 is 0 Å². The van der Waals surface area contributed by atoms with E-state index in [4.69, 9.17) is 0 Å². The Kier molecular flexibility index (Phi) is 5.35. The highest BCUT2D eigenvalue weighted by Gasteiger charge is 2.15. The first-order valence-electron chi connectivity index (χ1n) is 11.6. The van der Waals surface area contributed by atoms with Crippen LogP contribution in [0.3, 0.4) is 0 Å². The number of allylic oxidation sites excluding steroid dienone is 3. The summed E-state index contributed by atoms with van der Waals surface area (Å²) in [6.07, 6.45) is 3.90. The lowest BCUT2D eigenvalue weighted by Gasteiger charge is -2.10. The molecule has 0 saturated carbocycles. The SMILES string of the molecule is C=C/C=C(\C)c1cccc(-n2c3ccccc3c3cc4[nH]c5ccccc5c4cc32)c1.CC. The minimum absolute atomic E-state index is 1.17. The summed E-state index contributed by atoms with van der Waals surface area (Å²) in [5, 5.41) is 5.04. The summed E-state index contributed by atoms with van der Waals surface area (Å²) in [5.41, 5.74) is 8.37. The molecular weight excluding hydrogens is 400 g/mol. The summed E-state index contributed by atoms with van der Waals surface area (Å²) in [6.45, 7) is 9.97. The Morgan fingerprint density at radius 1 is 0.727 bits per heavy atom. The number of hydrogen-bond donors (Lipinski definition) is 1. The van der Waals surface area contributed by atoms with Gasteiger partial charge in [0.15, 0.2) is 0 Å². The second kappa shape index (κ2) is 8.48. The molecule has 4 aromatic carbocycles. The predicted octanol–water partition coefficient (Wildman–Crippen LogP) is 9.03. The first-order chi connectivity index (χ1) is 16.2. The van der Waals surface area contributed by atoms with E-state index in [1.165, 1.54) is 60.4 Å². The van der Waals surface area contributed by atoms with Gasteiger partial charge >= 0.3 is 0 Å². The molecule has 2 aromatic heterocycles. The quantitative estimate of drug-likeness (QED) is 0.271. The fourth-order valence-electron chi connectivity index (χ4n) is 4.75. The lowest BCUT2D eigenvalue weighted by molar-refractivity contribution is 1.18. The molecule has 0 aliphatic carbocycles. The maximum Gasteiger partial charge on any atom is 0.0548 e. The third-order valence-electron chi connectivity index (χ3n) is 6.23. The molecule has 0 aliphatic heterocycles. The van der Waals surface area contributed by atoms with Gasteiger partial charge in [0.05, 0.1) is 11.0 Å². The van der Waals surface area contributed by atoms with Crippen molar-refractivity contribution in [3.8, 4) is 5.69 Å². The lowest BCUT2D eigenvalue weighted by Crippen LogP contribution is -1.94. The fourth-order valence-corrected chi connectivity index (χ4v) is 4.75. The molecule has 0 saturated heterocycles. The Labute approximate surface area is 194 Å². The van der Waals surface area contributed by atoms with Crippen molar-refractivity contribution in [3.63, 3.8) is 0 Å². The van der Waals surface area contributed by atoms with Crippen molar-refractivity contribution in [2.24, 2.45) is 0 Å². The average molecular weight is 429 g/mol. The number of fused-ring (bicyclic) bond motifs is 6. The van der Waals surface area contributed by atoms with Gasteiger partial charge in [-0.3, -0.25) is 0 Å². The molecule has 162 valence electrons. The standard InChI is InChI=1S/C29H22N2.C2H6/c1-3-9-19(2)20-10-8-11-21(16-20)31-28-15-7-5-13-23(28)25-17-27-24(18-29(25)31)22-12-4-6-14-26(22)30-27;1-2/h3-18,30H,1H2,2H3;1-2H3/b19-9+;. The molecular formula is C31H28N2. The van der Waals surface area contributed by atoms with Gasteiger partial charge in [-0.15, -0.1) is 0 Å². The molecule has 0 atom stereocenters. The van der Waals surface area contributed by atoms with Crippen molar-refractivity contribution in [1.29, 1.82) is 0 Å². The van der Waals surface area contributed by atoms with E-state index in [1.54, 1.807) is 0 Å². The van der Waals surface area contributed by atoms with Gasteiger partial charge in [0.2, 0.25) is 0 Å². The number of benzene rings is 4. The normalized spacial score (nSPS) is 11.8. The minimum Gasteiger partial charge on any atom is -0.354 e. The van der Waals surface area contributed by atoms with E-state index in [0.29, 0.717) is 0 Å². The summed E-state index contributed by atoms with van der Waals surface area (Å²) in [4.78, 5) is 3.60. The lowest BCUT2D eigenvalue weighted by atomic mass is 10.1. The molecule has 0 bridgehead atoms. The summed E-state index contributed by atoms with van der Waals surface area (Å²) < 4.78 is 2.39. The Bertz CT molecular complexity index is 1660. The largest absolute Gasteiger partial charge is 0.354 e. The summed E-state index contributed by atoms with van der Waals surface area (Å²) in [5.74, 6) is 0. The summed E-state index contributed by atoms with van der Waals surface area (Å²) >= 11 is 0. The van der Waals surface area contributed by atoms with Crippen molar-refractivity contribution >= 4 is 49.2 Å². The van der Waals surface area contributed by atoms with E-state index < -0.39 is 0 Å². The Morgan fingerprint density at radius 3 is 2.30 bits per heavy atom. The molecule has 2 heteroatoms. The summed E-state index contributed by atoms with van der Waals surface area (Å²) in [6, 6.07) is 30.6. The van der Waals surface area contributed by atoms with Crippen molar-refractivity contribution in [2.45, 2.75) is 20.8 Å². The molecule has 0 fully saturated rings. The zero-order chi connectivity index (χ0) is 22.9. The van der Waals surface area contributed by atoms with Gasteiger partial charge in [0, 0.05) is 38.3 Å². The van der Waals surface area contributed by atoms with Gasteiger partial charge in [0.25, 0.3) is 0 Å². The second-order valence-corrected chi connectivity index (χ2v) is 8.07. The van der Waals surface area contributed by atoms with E-state index in [0.717, 1.165) is 0 Å². The number of rotatable bonds is 3. The Morgan fingerprint density at radius 2 is 1.48 bits per heavy atom. The minimum atomic E-state index is 1.17. The number of aromatic nitrogens is 2. The molecule has 0 radical (unpaired) electrons. The van der Waals surface area contributed by atoms with E-state index in [2.05, 4.69) is 114 Å². The van der Waals surface area contributed by atoms with E-state index in [9.17, 15) is 0 Å². The molecule has 0 spiro atoms. The fraction of sp³-hybridized carbons (Fsp3) is 0.0968. The molecule has 0 unspecified atom stereocenters. The van der Waals surface area contributed by atoms with E-state index in [1.807, 2.05) is 19.9 Å². The van der Waals surface area contributed by atoms with Crippen molar-refractivity contribution in [1.82, 2.24) is 9.55 Å². The average Bonchev–Trinajstić information content (AvgIpc) is 3.39. The molecule has 6 rings (SSSR count). The van der Waals surface area contributed by atoms with E-state index in [-0.39, 0.29) is 0 Å². The van der Waals surface area contributed by atoms with Crippen LogP contribution in [-0.2, 0) is 0 Å². The first-order valence-corrected chi connectivity index (χ1v) is 11.6. The van der Waals surface area contributed by atoms with Crippen LogP contribution >= 0.6 is 0 Å². The molecule has 0 amide bonds. The van der Waals surface area contributed by atoms with Crippen LogP contribution in [0.2, 0.25) is 0 Å². The first kappa shape index (κ1) is 20.8. The molecule has 6 aromatic rings. The topological polar surface area (TPSA) is 20.7 Å². The smallest absolute Gasteiger partial charge is 0.0548 e. The number of nitrogens with zero attached hydrogens (tertiary/aromatic N) is 1.